The van der Waals surface area contributed by atoms with Gasteiger partial charge in [0.25, 0.3) is 11.8 Å². The molecule has 2 amide bonds. The zero-order chi connectivity index (χ0) is 27.7. The van der Waals surface area contributed by atoms with Crippen LogP contribution in [0, 0.1) is 17.0 Å². The van der Waals surface area contributed by atoms with Crippen LogP contribution in [0.1, 0.15) is 51.8 Å². The van der Waals surface area contributed by atoms with Gasteiger partial charge in [0.2, 0.25) is 0 Å². The van der Waals surface area contributed by atoms with Gasteiger partial charge in [-0.1, -0.05) is 52.3 Å². The molecule has 200 valence electrons. The lowest BCUT2D eigenvalue weighted by atomic mass is 9.77. The summed E-state index contributed by atoms with van der Waals surface area (Å²) in [7, 11) is 1.63. The van der Waals surface area contributed by atoms with Crippen LogP contribution in [-0.4, -0.2) is 39.9 Å². The van der Waals surface area contributed by atoms with E-state index in [0.29, 0.717) is 18.4 Å². The van der Waals surface area contributed by atoms with Gasteiger partial charge in [-0.2, -0.15) is 13.2 Å². The van der Waals surface area contributed by atoms with E-state index in [1.807, 2.05) is 27.7 Å². The van der Waals surface area contributed by atoms with Crippen molar-refractivity contribution in [1.29, 1.82) is 0 Å². The summed E-state index contributed by atoms with van der Waals surface area (Å²) in [6, 6.07) is 6.16. The minimum Gasteiger partial charge on any atom is -0.306 e. The Balaban J connectivity index is 2.10. The number of nitrogens with zero attached hydrogens (tertiary/aromatic N) is 3. The van der Waals surface area contributed by atoms with Crippen LogP contribution in [0.4, 0.5) is 27.8 Å². The smallest absolute Gasteiger partial charge is 0.306 e. The number of nitrogens with one attached hydrogen (secondary N) is 1. The molecule has 0 radical (unpaired) electrons. The number of amides is 2. The van der Waals surface area contributed by atoms with Gasteiger partial charge in [-0.25, -0.2) is 18.8 Å². The first-order valence-electron chi connectivity index (χ1n) is 11.7. The molecule has 1 unspecified atom stereocenters. The Morgan fingerprint density at radius 1 is 1.08 bits per heavy atom. The summed E-state index contributed by atoms with van der Waals surface area (Å²) in [6.07, 6.45) is -3.78. The maximum atomic E-state index is 14.5. The van der Waals surface area contributed by atoms with Gasteiger partial charge in [-0.05, 0) is 35.6 Å². The molecule has 3 rings (SSSR count). The molecular weight excluding hydrogens is 495 g/mol. The fourth-order valence-electron chi connectivity index (χ4n) is 4.62. The topological polar surface area (TPSA) is 65.5 Å². The Morgan fingerprint density at radius 3 is 2.32 bits per heavy atom. The lowest BCUT2D eigenvalue weighted by molar-refractivity contribution is -0.155. The van der Waals surface area contributed by atoms with Crippen molar-refractivity contribution in [3.05, 3.63) is 70.4 Å². The van der Waals surface area contributed by atoms with Crippen molar-refractivity contribution >= 4 is 17.6 Å². The van der Waals surface area contributed by atoms with Crippen molar-refractivity contribution in [3.8, 4) is 0 Å². The van der Waals surface area contributed by atoms with Gasteiger partial charge in [0.15, 0.2) is 11.6 Å². The quantitative estimate of drug-likeness (QED) is 0.388. The Morgan fingerprint density at radius 2 is 1.73 bits per heavy atom. The predicted molar refractivity (Wildman–Crippen MR) is 128 cm³/mol. The molecule has 6 nitrogen and oxygen atoms in total. The lowest BCUT2D eigenvalue weighted by Crippen LogP contribution is -2.59. The standard InChI is InChI=1S/C26H29F5N4O2/c1-6-9-16-20(23(36)33-19-13-8-12-18(32-19)26(29,30)31)24(37)35(34(5)22(16)25(2,3)4)14-15-10-7-11-17(27)21(15)28/h7-8,10-13,22H,6,9,14H2,1-5H3,(H,32,33,36). The van der Waals surface area contributed by atoms with E-state index in [0.717, 1.165) is 23.2 Å². The van der Waals surface area contributed by atoms with E-state index in [1.165, 1.54) is 18.2 Å². The van der Waals surface area contributed by atoms with E-state index in [-0.39, 0.29) is 23.5 Å². The maximum Gasteiger partial charge on any atom is 0.433 e. The third-order valence-electron chi connectivity index (χ3n) is 6.05. The molecular formula is C26H29F5N4O2. The molecule has 0 spiro atoms. The molecule has 1 aromatic carbocycles. The minimum atomic E-state index is -4.72. The molecule has 1 aromatic heterocycles. The second-order valence-corrected chi connectivity index (χ2v) is 9.93. The van der Waals surface area contributed by atoms with Crippen LogP contribution in [0.15, 0.2) is 47.5 Å². The van der Waals surface area contributed by atoms with Gasteiger partial charge < -0.3 is 5.32 Å². The van der Waals surface area contributed by atoms with Crippen LogP contribution in [-0.2, 0) is 22.3 Å². The molecule has 0 saturated heterocycles. The minimum absolute atomic E-state index is 0.0916. The average Bonchev–Trinajstić information content (AvgIpc) is 2.78. The van der Waals surface area contributed by atoms with Crippen LogP contribution in [0.25, 0.3) is 0 Å². The van der Waals surface area contributed by atoms with Crippen LogP contribution in [0.3, 0.4) is 0 Å². The highest BCUT2D eigenvalue weighted by Gasteiger charge is 2.45. The van der Waals surface area contributed by atoms with Crippen molar-refractivity contribution in [3.63, 3.8) is 0 Å². The van der Waals surface area contributed by atoms with E-state index < -0.39 is 46.8 Å². The number of halogens is 5. The van der Waals surface area contributed by atoms with E-state index in [1.54, 1.807) is 12.1 Å². The number of anilines is 1. The molecule has 1 atom stereocenters. The Hall–Kier alpha value is -3.34. The van der Waals surface area contributed by atoms with E-state index in [2.05, 4.69) is 10.3 Å². The largest absolute Gasteiger partial charge is 0.433 e. The number of alkyl halides is 3. The van der Waals surface area contributed by atoms with Gasteiger partial charge in [0.05, 0.1) is 12.6 Å². The number of hydrogen-bond acceptors (Lipinski definition) is 4. The third kappa shape index (κ3) is 5.98. The lowest BCUT2D eigenvalue weighted by Gasteiger charge is -2.48. The number of pyridine rings is 1. The number of likely N-dealkylation sites (N-methyl/N-ethyl adjacent to an activating group) is 1. The zero-order valence-electron chi connectivity index (χ0n) is 21.2. The molecule has 11 heteroatoms. The van der Waals surface area contributed by atoms with Gasteiger partial charge in [-0.15, -0.1) is 0 Å². The van der Waals surface area contributed by atoms with Crippen molar-refractivity contribution in [2.24, 2.45) is 5.41 Å². The van der Waals surface area contributed by atoms with Gasteiger partial charge >= 0.3 is 6.18 Å². The second-order valence-electron chi connectivity index (χ2n) is 9.93. The van der Waals surface area contributed by atoms with Crippen molar-refractivity contribution in [1.82, 2.24) is 15.0 Å². The SMILES string of the molecule is CCCC1=C(C(=O)Nc2cccc(C(F)(F)F)n2)C(=O)N(Cc2cccc(F)c2F)N(C)C1C(C)(C)C. The number of benzene rings is 1. The number of rotatable bonds is 6. The first-order chi connectivity index (χ1) is 17.2. The summed E-state index contributed by atoms with van der Waals surface area (Å²) in [5.41, 5.74) is -1.55. The first kappa shape index (κ1) is 28.2. The molecule has 37 heavy (non-hydrogen) atoms. The van der Waals surface area contributed by atoms with Crippen LogP contribution in [0.2, 0.25) is 0 Å². The number of aromatic nitrogens is 1. The summed E-state index contributed by atoms with van der Waals surface area (Å²) in [5.74, 6) is -4.26. The zero-order valence-corrected chi connectivity index (χ0v) is 21.2. The summed E-state index contributed by atoms with van der Waals surface area (Å²) in [6.45, 7) is 7.23. The highest BCUT2D eigenvalue weighted by molar-refractivity contribution is 6.23. The van der Waals surface area contributed by atoms with E-state index >= 15 is 0 Å². The number of hydrogen-bond donors (Lipinski definition) is 1. The van der Waals surface area contributed by atoms with Crippen molar-refractivity contribution in [2.45, 2.75) is 59.3 Å². The third-order valence-corrected chi connectivity index (χ3v) is 6.05. The van der Waals surface area contributed by atoms with Crippen LogP contribution < -0.4 is 5.32 Å². The summed E-state index contributed by atoms with van der Waals surface area (Å²) < 4.78 is 67.7. The van der Waals surface area contributed by atoms with Crippen LogP contribution in [0.5, 0.6) is 0 Å². The van der Waals surface area contributed by atoms with E-state index in [9.17, 15) is 31.5 Å². The maximum absolute atomic E-state index is 14.5. The van der Waals surface area contributed by atoms with E-state index in [4.69, 9.17) is 0 Å². The summed E-state index contributed by atoms with van der Waals surface area (Å²) in [5, 5.41) is 5.09. The highest BCUT2D eigenvalue weighted by Crippen LogP contribution is 2.39. The van der Waals surface area contributed by atoms with Crippen molar-refractivity contribution in [2.75, 3.05) is 12.4 Å². The molecule has 0 saturated carbocycles. The fourth-order valence-corrected chi connectivity index (χ4v) is 4.62. The molecule has 2 aromatic rings. The molecule has 0 bridgehead atoms. The highest BCUT2D eigenvalue weighted by atomic mass is 19.4. The van der Waals surface area contributed by atoms with Gasteiger partial charge in [0.1, 0.15) is 17.1 Å². The molecule has 0 fully saturated rings. The summed E-state index contributed by atoms with van der Waals surface area (Å²) >= 11 is 0. The van der Waals surface area contributed by atoms with Gasteiger partial charge in [-0.3, -0.25) is 14.6 Å². The van der Waals surface area contributed by atoms with Crippen molar-refractivity contribution < 1.29 is 31.5 Å². The Labute approximate surface area is 212 Å². The molecule has 1 aliphatic rings. The predicted octanol–water partition coefficient (Wildman–Crippen LogP) is 5.72. The normalized spacial score (nSPS) is 17.4. The first-order valence-corrected chi connectivity index (χ1v) is 11.7. The fraction of sp³-hybridized carbons (Fsp3) is 0.423. The molecule has 1 aliphatic heterocycles. The molecule has 0 aliphatic carbocycles. The second kappa shape index (κ2) is 10.6. The average molecular weight is 525 g/mol. The molecule has 2 heterocycles. The number of carbonyl (C=O) groups excluding carboxylic acids is 2. The monoisotopic (exact) mass is 524 g/mol. The summed E-state index contributed by atoms with van der Waals surface area (Å²) in [4.78, 5) is 30.6. The Kier molecular flexibility index (Phi) is 8.06. The molecule has 1 N–H and O–H groups in total. The Bertz CT molecular complexity index is 1220. The van der Waals surface area contributed by atoms with Gasteiger partial charge in [0, 0.05) is 12.6 Å². The van der Waals surface area contributed by atoms with Crippen LogP contribution >= 0.6 is 0 Å². The number of carbonyl (C=O) groups is 2. The number of hydrazine groups is 1.